The fourth-order valence-corrected chi connectivity index (χ4v) is 3.46. The summed E-state index contributed by atoms with van der Waals surface area (Å²) in [5.74, 6) is 0. The predicted octanol–water partition coefficient (Wildman–Crippen LogP) is 5.04. The summed E-state index contributed by atoms with van der Waals surface area (Å²) in [6.07, 6.45) is 2.13. The van der Waals surface area contributed by atoms with E-state index in [-0.39, 0.29) is 0 Å². The summed E-state index contributed by atoms with van der Waals surface area (Å²) < 4.78 is 2.19. The normalized spacial score (nSPS) is 11.1. The second-order valence-electron chi connectivity index (χ2n) is 5.08. The zero-order chi connectivity index (χ0) is 14.2. The molecular formula is C18H14N2S. The Kier molecular flexibility index (Phi) is 2.86. The standard InChI is InChI=1S/C18H14N2S/c1-13-7-5-6-10-15(13)17-12-21-18-19-16(11-20(17)18)14-8-3-2-4-9-14/h2-12H,1H3. The number of imidazole rings is 1. The Morgan fingerprint density at radius 1 is 0.952 bits per heavy atom. The minimum atomic E-state index is 1.03. The van der Waals surface area contributed by atoms with Gasteiger partial charge in [0.15, 0.2) is 4.96 Å². The van der Waals surface area contributed by atoms with Crippen LogP contribution in [0.4, 0.5) is 0 Å². The SMILES string of the molecule is Cc1ccccc1-c1csc2nc(-c3ccccc3)cn12. The molecule has 0 aliphatic heterocycles. The molecule has 4 rings (SSSR count). The van der Waals surface area contributed by atoms with Gasteiger partial charge in [0.25, 0.3) is 0 Å². The van der Waals surface area contributed by atoms with Crippen LogP contribution in [0.25, 0.3) is 27.5 Å². The molecule has 0 unspecified atom stereocenters. The van der Waals surface area contributed by atoms with Crippen LogP contribution in [0.5, 0.6) is 0 Å². The predicted molar refractivity (Wildman–Crippen MR) is 88.7 cm³/mol. The zero-order valence-electron chi connectivity index (χ0n) is 11.7. The first-order chi connectivity index (χ1) is 10.3. The van der Waals surface area contributed by atoms with Crippen LogP contribution in [0.2, 0.25) is 0 Å². The van der Waals surface area contributed by atoms with E-state index in [1.54, 1.807) is 11.3 Å². The molecule has 21 heavy (non-hydrogen) atoms. The average molecular weight is 290 g/mol. The van der Waals surface area contributed by atoms with E-state index < -0.39 is 0 Å². The highest BCUT2D eigenvalue weighted by Crippen LogP contribution is 2.30. The lowest BCUT2D eigenvalue weighted by Gasteiger charge is -2.03. The van der Waals surface area contributed by atoms with Crippen molar-refractivity contribution < 1.29 is 0 Å². The molecule has 3 heteroatoms. The van der Waals surface area contributed by atoms with Crippen LogP contribution >= 0.6 is 11.3 Å². The molecule has 0 atom stereocenters. The maximum Gasteiger partial charge on any atom is 0.194 e. The Morgan fingerprint density at radius 3 is 2.52 bits per heavy atom. The number of nitrogens with zero attached hydrogens (tertiary/aromatic N) is 2. The number of fused-ring (bicyclic) bond motifs is 1. The van der Waals surface area contributed by atoms with Gasteiger partial charge in [-0.15, -0.1) is 11.3 Å². The fraction of sp³-hybridized carbons (Fsp3) is 0.0556. The maximum absolute atomic E-state index is 4.74. The molecule has 0 radical (unpaired) electrons. The summed E-state index contributed by atoms with van der Waals surface area (Å²) in [5, 5.41) is 2.18. The molecule has 2 aromatic carbocycles. The van der Waals surface area contributed by atoms with E-state index in [0.29, 0.717) is 0 Å². The minimum absolute atomic E-state index is 1.03. The molecule has 0 saturated heterocycles. The van der Waals surface area contributed by atoms with Crippen LogP contribution in [-0.2, 0) is 0 Å². The summed E-state index contributed by atoms with van der Waals surface area (Å²) in [7, 11) is 0. The largest absolute Gasteiger partial charge is 0.290 e. The Labute approximate surface area is 127 Å². The van der Waals surface area contributed by atoms with Crippen LogP contribution < -0.4 is 0 Å². The molecule has 0 fully saturated rings. The minimum Gasteiger partial charge on any atom is -0.290 e. The number of rotatable bonds is 2. The summed E-state index contributed by atoms with van der Waals surface area (Å²) in [6.45, 7) is 2.15. The van der Waals surface area contributed by atoms with Gasteiger partial charge in [-0.25, -0.2) is 4.98 Å². The molecule has 0 aliphatic rings. The Bertz CT molecular complexity index is 903. The smallest absolute Gasteiger partial charge is 0.194 e. The lowest BCUT2D eigenvalue weighted by atomic mass is 10.1. The number of hydrogen-bond donors (Lipinski definition) is 0. The van der Waals surface area contributed by atoms with E-state index in [0.717, 1.165) is 16.2 Å². The molecule has 2 nitrogen and oxygen atoms in total. The topological polar surface area (TPSA) is 17.3 Å². The zero-order valence-corrected chi connectivity index (χ0v) is 12.5. The maximum atomic E-state index is 4.74. The van der Waals surface area contributed by atoms with Crippen molar-refractivity contribution in [2.75, 3.05) is 0 Å². The van der Waals surface area contributed by atoms with Crippen molar-refractivity contribution in [2.45, 2.75) is 6.92 Å². The van der Waals surface area contributed by atoms with Gasteiger partial charge in [0.1, 0.15) is 0 Å². The molecule has 0 saturated carbocycles. The van der Waals surface area contributed by atoms with Gasteiger partial charge in [0.2, 0.25) is 0 Å². The van der Waals surface area contributed by atoms with Gasteiger partial charge in [0.05, 0.1) is 11.4 Å². The molecule has 2 heterocycles. The summed E-state index contributed by atoms with van der Waals surface area (Å²) in [4.78, 5) is 5.77. The second-order valence-corrected chi connectivity index (χ2v) is 5.92. The molecule has 0 amide bonds. The van der Waals surface area contributed by atoms with E-state index >= 15 is 0 Å². The lowest BCUT2D eigenvalue weighted by Crippen LogP contribution is -1.86. The Morgan fingerprint density at radius 2 is 1.71 bits per heavy atom. The van der Waals surface area contributed by atoms with Gasteiger partial charge in [-0.1, -0.05) is 54.6 Å². The number of benzene rings is 2. The van der Waals surface area contributed by atoms with Crippen LogP contribution in [0.15, 0.2) is 66.2 Å². The summed E-state index contributed by atoms with van der Waals surface area (Å²) in [6, 6.07) is 18.8. The third-order valence-corrected chi connectivity index (χ3v) is 4.54. The number of aromatic nitrogens is 2. The highest BCUT2D eigenvalue weighted by Gasteiger charge is 2.11. The van der Waals surface area contributed by atoms with Gasteiger partial charge in [-0.2, -0.15) is 0 Å². The van der Waals surface area contributed by atoms with Gasteiger partial charge < -0.3 is 0 Å². The van der Waals surface area contributed by atoms with Crippen molar-refractivity contribution in [2.24, 2.45) is 0 Å². The first kappa shape index (κ1) is 12.4. The summed E-state index contributed by atoms with van der Waals surface area (Å²) in [5.41, 5.74) is 5.94. The number of aryl methyl sites for hydroxylation is 1. The molecule has 102 valence electrons. The van der Waals surface area contributed by atoms with Crippen LogP contribution in [-0.4, -0.2) is 9.38 Å². The molecule has 0 spiro atoms. The average Bonchev–Trinajstić information content (AvgIpc) is 3.09. The fourth-order valence-electron chi connectivity index (χ4n) is 2.59. The monoisotopic (exact) mass is 290 g/mol. The van der Waals surface area contributed by atoms with E-state index in [1.807, 2.05) is 18.2 Å². The molecule has 2 aromatic heterocycles. The van der Waals surface area contributed by atoms with Gasteiger partial charge in [0, 0.05) is 22.7 Å². The van der Waals surface area contributed by atoms with Gasteiger partial charge in [-0.3, -0.25) is 4.40 Å². The van der Waals surface area contributed by atoms with Crippen molar-refractivity contribution in [1.29, 1.82) is 0 Å². The van der Waals surface area contributed by atoms with Crippen molar-refractivity contribution >= 4 is 16.3 Å². The third-order valence-electron chi connectivity index (χ3n) is 3.70. The third kappa shape index (κ3) is 2.06. The molecule has 0 bridgehead atoms. The molecule has 4 aromatic rings. The highest BCUT2D eigenvalue weighted by molar-refractivity contribution is 7.15. The lowest BCUT2D eigenvalue weighted by molar-refractivity contribution is 1.23. The van der Waals surface area contributed by atoms with Crippen LogP contribution in [0.3, 0.4) is 0 Å². The van der Waals surface area contributed by atoms with Crippen LogP contribution in [0.1, 0.15) is 5.56 Å². The van der Waals surface area contributed by atoms with E-state index in [9.17, 15) is 0 Å². The van der Waals surface area contributed by atoms with Gasteiger partial charge in [-0.05, 0) is 12.5 Å². The molecule has 0 N–H and O–H groups in total. The van der Waals surface area contributed by atoms with E-state index in [2.05, 4.69) is 59.3 Å². The molecular weight excluding hydrogens is 276 g/mol. The first-order valence-corrected chi connectivity index (χ1v) is 7.79. The van der Waals surface area contributed by atoms with Crippen molar-refractivity contribution in [3.05, 3.63) is 71.7 Å². The van der Waals surface area contributed by atoms with Crippen molar-refractivity contribution in [3.63, 3.8) is 0 Å². The van der Waals surface area contributed by atoms with E-state index in [4.69, 9.17) is 4.98 Å². The second kappa shape index (κ2) is 4.86. The molecule has 0 aliphatic carbocycles. The van der Waals surface area contributed by atoms with Gasteiger partial charge >= 0.3 is 0 Å². The van der Waals surface area contributed by atoms with Crippen LogP contribution in [0, 0.1) is 6.92 Å². The van der Waals surface area contributed by atoms with Crippen molar-refractivity contribution in [3.8, 4) is 22.5 Å². The highest BCUT2D eigenvalue weighted by atomic mass is 32.1. The van der Waals surface area contributed by atoms with E-state index in [1.165, 1.54) is 16.8 Å². The Balaban J connectivity index is 1.90. The number of hydrogen-bond acceptors (Lipinski definition) is 2. The quantitative estimate of drug-likeness (QED) is 0.505. The first-order valence-electron chi connectivity index (χ1n) is 6.91. The van der Waals surface area contributed by atoms with Crippen molar-refractivity contribution in [1.82, 2.24) is 9.38 Å². The summed E-state index contributed by atoms with van der Waals surface area (Å²) >= 11 is 1.68. The Hall–Kier alpha value is -2.39. The number of thiazole rings is 1.